The molecule has 0 saturated carbocycles. The number of rotatable bonds is 3. The van der Waals surface area contributed by atoms with E-state index >= 15 is 0 Å². The first kappa shape index (κ1) is 10.9. The number of alkyl halides is 2. The second-order valence-electron chi connectivity index (χ2n) is 2.77. The van der Waals surface area contributed by atoms with Gasteiger partial charge in [-0.25, -0.2) is 4.79 Å². The van der Waals surface area contributed by atoms with Crippen molar-refractivity contribution in [2.75, 3.05) is 13.7 Å². The predicted molar refractivity (Wildman–Crippen MR) is 45.2 cm³/mol. The summed E-state index contributed by atoms with van der Waals surface area (Å²) < 4.78 is 29.6. The van der Waals surface area contributed by atoms with Crippen molar-refractivity contribution in [2.45, 2.75) is 19.5 Å². The molecular formula is C8H12F2N2O2. The number of carbonyl (C=O) groups is 1. The zero-order valence-electron chi connectivity index (χ0n) is 7.98. The Morgan fingerprint density at radius 2 is 2.29 bits per heavy atom. The standard InChI is InChI=1S/C8H12F2N2O2/c1-3-14-7(13)6-4-5-11(2)12(6)8(9)10/h4-6,8H,3H2,1-2H3. The van der Waals surface area contributed by atoms with Crippen molar-refractivity contribution >= 4 is 5.97 Å². The smallest absolute Gasteiger partial charge is 0.329 e. The van der Waals surface area contributed by atoms with Gasteiger partial charge in [0.15, 0.2) is 6.04 Å². The molecule has 1 rings (SSSR count). The third-order valence-corrected chi connectivity index (χ3v) is 1.86. The molecule has 1 aliphatic rings. The molecule has 4 nitrogen and oxygen atoms in total. The van der Waals surface area contributed by atoms with Gasteiger partial charge in [-0.2, -0.15) is 8.78 Å². The van der Waals surface area contributed by atoms with Crippen molar-refractivity contribution < 1.29 is 18.3 Å². The summed E-state index contributed by atoms with van der Waals surface area (Å²) in [6.45, 7) is -0.902. The lowest BCUT2D eigenvalue weighted by Crippen LogP contribution is -2.46. The molecule has 6 heteroatoms. The van der Waals surface area contributed by atoms with Gasteiger partial charge < -0.3 is 9.75 Å². The van der Waals surface area contributed by atoms with E-state index in [1.165, 1.54) is 24.3 Å². The Balaban J connectivity index is 2.68. The topological polar surface area (TPSA) is 32.8 Å². The maximum atomic E-state index is 12.5. The number of esters is 1. The van der Waals surface area contributed by atoms with E-state index in [1.807, 2.05) is 0 Å². The van der Waals surface area contributed by atoms with Crippen LogP contribution in [0.15, 0.2) is 12.3 Å². The predicted octanol–water partition coefficient (Wildman–Crippen LogP) is 0.817. The SMILES string of the molecule is CCOC(=O)C1C=CN(C)N1C(F)F. The Bertz CT molecular complexity index is 245. The van der Waals surface area contributed by atoms with E-state index in [4.69, 9.17) is 0 Å². The first-order valence-corrected chi connectivity index (χ1v) is 4.22. The molecule has 0 aromatic rings. The molecule has 1 unspecified atom stereocenters. The molecule has 80 valence electrons. The Hall–Kier alpha value is -1.17. The lowest BCUT2D eigenvalue weighted by Gasteiger charge is -2.28. The van der Waals surface area contributed by atoms with Crippen LogP contribution in [0.4, 0.5) is 8.78 Å². The molecule has 1 atom stereocenters. The number of nitrogens with zero attached hydrogens (tertiary/aromatic N) is 2. The molecule has 0 amide bonds. The molecule has 0 saturated heterocycles. The van der Waals surface area contributed by atoms with E-state index in [9.17, 15) is 13.6 Å². The molecule has 1 heterocycles. The normalized spacial score (nSPS) is 22.1. The van der Waals surface area contributed by atoms with Crippen LogP contribution in [0.25, 0.3) is 0 Å². The largest absolute Gasteiger partial charge is 0.465 e. The maximum absolute atomic E-state index is 12.5. The second-order valence-corrected chi connectivity index (χ2v) is 2.77. The zero-order valence-corrected chi connectivity index (χ0v) is 7.98. The summed E-state index contributed by atoms with van der Waals surface area (Å²) in [6, 6.07) is -1.01. The first-order valence-electron chi connectivity index (χ1n) is 4.22. The number of hydrazine groups is 1. The fourth-order valence-corrected chi connectivity index (χ4v) is 1.24. The summed E-state index contributed by atoms with van der Waals surface area (Å²) in [5.74, 6) is -0.659. The van der Waals surface area contributed by atoms with E-state index < -0.39 is 18.6 Å². The van der Waals surface area contributed by atoms with Crippen molar-refractivity contribution in [3.8, 4) is 0 Å². The highest BCUT2D eigenvalue weighted by molar-refractivity contribution is 5.78. The average Bonchev–Trinajstić information content (AvgIpc) is 2.47. The Labute approximate surface area is 80.7 Å². The van der Waals surface area contributed by atoms with Crippen LogP contribution in [0.2, 0.25) is 0 Å². The molecule has 0 radical (unpaired) electrons. The summed E-state index contributed by atoms with van der Waals surface area (Å²) in [5, 5.41) is 1.82. The Morgan fingerprint density at radius 3 is 2.79 bits per heavy atom. The van der Waals surface area contributed by atoms with Crippen LogP contribution < -0.4 is 0 Å². The zero-order chi connectivity index (χ0) is 10.7. The minimum atomic E-state index is -2.72. The number of ether oxygens (including phenoxy) is 1. The van der Waals surface area contributed by atoms with Crippen molar-refractivity contribution in [2.24, 2.45) is 0 Å². The van der Waals surface area contributed by atoms with Crippen LogP contribution in [0, 0.1) is 0 Å². The molecule has 0 aliphatic carbocycles. The van der Waals surface area contributed by atoms with E-state index in [-0.39, 0.29) is 6.61 Å². The van der Waals surface area contributed by atoms with Crippen molar-refractivity contribution in [3.05, 3.63) is 12.3 Å². The monoisotopic (exact) mass is 206 g/mol. The maximum Gasteiger partial charge on any atom is 0.329 e. The third-order valence-electron chi connectivity index (χ3n) is 1.86. The van der Waals surface area contributed by atoms with E-state index in [0.29, 0.717) is 5.01 Å². The average molecular weight is 206 g/mol. The van der Waals surface area contributed by atoms with Crippen molar-refractivity contribution in [3.63, 3.8) is 0 Å². The summed E-state index contributed by atoms with van der Waals surface area (Å²) in [5.41, 5.74) is 0. The number of hydrogen-bond acceptors (Lipinski definition) is 4. The van der Waals surface area contributed by atoms with Gasteiger partial charge >= 0.3 is 12.5 Å². The van der Waals surface area contributed by atoms with Crippen LogP contribution in [-0.4, -0.2) is 42.2 Å². The van der Waals surface area contributed by atoms with Gasteiger partial charge in [-0.15, -0.1) is 5.01 Å². The highest BCUT2D eigenvalue weighted by Crippen LogP contribution is 2.19. The highest BCUT2D eigenvalue weighted by atomic mass is 19.3. The minimum Gasteiger partial charge on any atom is -0.465 e. The minimum absolute atomic E-state index is 0.184. The molecule has 0 spiro atoms. The molecule has 0 aromatic carbocycles. The van der Waals surface area contributed by atoms with E-state index in [2.05, 4.69) is 4.74 Å². The summed E-state index contributed by atoms with van der Waals surface area (Å²) in [7, 11) is 1.45. The lowest BCUT2D eigenvalue weighted by atomic mass is 10.3. The highest BCUT2D eigenvalue weighted by Gasteiger charge is 2.36. The number of carbonyl (C=O) groups excluding carboxylic acids is 1. The van der Waals surface area contributed by atoms with Gasteiger partial charge in [0.05, 0.1) is 6.61 Å². The fraction of sp³-hybridized carbons (Fsp3) is 0.625. The van der Waals surface area contributed by atoms with E-state index in [1.54, 1.807) is 6.92 Å². The molecule has 0 bridgehead atoms. The van der Waals surface area contributed by atoms with Crippen LogP contribution in [0.1, 0.15) is 6.92 Å². The van der Waals surface area contributed by atoms with Gasteiger partial charge in [0.25, 0.3) is 0 Å². The van der Waals surface area contributed by atoms with Gasteiger partial charge in [0.2, 0.25) is 0 Å². The van der Waals surface area contributed by atoms with Gasteiger partial charge in [0.1, 0.15) is 0 Å². The lowest BCUT2D eigenvalue weighted by molar-refractivity contribution is -0.171. The second kappa shape index (κ2) is 4.36. The molecular weight excluding hydrogens is 194 g/mol. The van der Waals surface area contributed by atoms with Crippen LogP contribution >= 0.6 is 0 Å². The Kier molecular flexibility index (Phi) is 3.40. The third kappa shape index (κ3) is 2.01. The summed E-state index contributed by atoms with van der Waals surface area (Å²) in [4.78, 5) is 11.2. The van der Waals surface area contributed by atoms with Crippen LogP contribution in [-0.2, 0) is 9.53 Å². The summed E-state index contributed by atoms with van der Waals surface area (Å²) in [6.07, 6.45) is 2.79. The molecule has 0 N–H and O–H groups in total. The van der Waals surface area contributed by atoms with Gasteiger partial charge in [-0.05, 0) is 13.0 Å². The van der Waals surface area contributed by atoms with Gasteiger partial charge in [-0.3, -0.25) is 0 Å². The van der Waals surface area contributed by atoms with Crippen molar-refractivity contribution in [1.82, 2.24) is 10.0 Å². The van der Waals surface area contributed by atoms with Gasteiger partial charge in [-0.1, -0.05) is 0 Å². The molecule has 0 fully saturated rings. The van der Waals surface area contributed by atoms with E-state index in [0.717, 1.165) is 0 Å². The number of halogens is 2. The summed E-state index contributed by atoms with van der Waals surface area (Å²) >= 11 is 0. The van der Waals surface area contributed by atoms with Crippen molar-refractivity contribution in [1.29, 1.82) is 0 Å². The molecule has 14 heavy (non-hydrogen) atoms. The first-order chi connectivity index (χ1) is 6.57. The fourth-order valence-electron chi connectivity index (χ4n) is 1.24. The number of hydrogen-bond donors (Lipinski definition) is 0. The van der Waals surface area contributed by atoms with Crippen LogP contribution in [0.3, 0.4) is 0 Å². The molecule has 0 aromatic heterocycles. The quantitative estimate of drug-likeness (QED) is 0.505. The van der Waals surface area contributed by atoms with Crippen LogP contribution in [0.5, 0.6) is 0 Å². The Morgan fingerprint density at radius 1 is 1.64 bits per heavy atom. The van der Waals surface area contributed by atoms with Gasteiger partial charge in [0, 0.05) is 13.2 Å². The molecule has 1 aliphatic heterocycles.